The normalized spacial score (nSPS) is 12.1. The van der Waals surface area contributed by atoms with Crippen LogP contribution in [0, 0.1) is 21.8 Å². The van der Waals surface area contributed by atoms with Crippen molar-refractivity contribution in [2.45, 2.75) is 26.9 Å². The fourth-order valence-electron chi connectivity index (χ4n) is 1.38. The SMILES string of the molecule is COC(=O)c1cc(OC(C)C(C)C)c([N+](=O)[O-])cc1F. The highest BCUT2D eigenvalue weighted by molar-refractivity contribution is 5.90. The number of hydrogen-bond donors (Lipinski definition) is 0. The number of benzene rings is 1. The number of nitro benzene ring substituents is 1. The number of rotatable bonds is 5. The molecule has 0 fully saturated rings. The van der Waals surface area contributed by atoms with Crippen molar-refractivity contribution in [3.05, 3.63) is 33.6 Å². The fraction of sp³-hybridized carbons (Fsp3) is 0.462. The minimum atomic E-state index is -1.02. The van der Waals surface area contributed by atoms with Gasteiger partial charge < -0.3 is 9.47 Å². The van der Waals surface area contributed by atoms with Crippen molar-refractivity contribution in [1.82, 2.24) is 0 Å². The summed E-state index contributed by atoms with van der Waals surface area (Å²) >= 11 is 0. The van der Waals surface area contributed by atoms with E-state index < -0.39 is 28.0 Å². The summed E-state index contributed by atoms with van der Waals surface area (Å²) < 4.78 is 23.5. The minimum absolute atomic E-state index is 0.0984. The molecular weight excluding hydrogens is 269 g/mol. The number of methoxy groups -OCH3 is 1. The van der Waals surface area contributed by atoms with E-state index in [4.69, 9.17) is 4.74 Å². The largest absolute Gasteiger partial charge is 0.484 e. The molecule has 0 saturated heterocycles. The Morgan fingerprint density at radius 2 is 1.95 bits per heavy atom. The van der Waals surface area contributed by atoms with Gasteiger partial charge in [0, 0.05) is 6.07 Å². The lowest BCUT2D eigenvalue weighted by atomic mass is 10.1. The van der Waals surface area contributed by atoms with Crippen LogP contribution < -0.4 is 4.74 Å². The lowest BCUT2D eigenvalue weighted by Gasteiger charge is -2.18. The summed E-state index contributed by atoms with van der Waals surface area (Å²) in [5.74, 6) is -1.99. The quantitative estimate of drug-likeness (QED) is 0.472. The molecular formula is C13H16FNO5. The van der Waals surface area contributed by atoms with E-state index in [2.05, 4.69) is 4.74 Å². The predicted octanol–water partition coefficient (Wildman–Crippen LogP) is 2.94. The highest BCUT2D eigenvalue weighted by atomic mass is 19.1. The zero-order valence-electron chi connectivity index (χ0n) is 11.7. The third-order valence-corrected chi connectivity index (χ3v) is 2.90. The summed E-state index contributed by atoms with van der Waals surface area (Å²) in [5.41, 5.74) is -0.924. The van der Waals surface area contributed by atoms with Crippen LogP contribution in [0.2, 0.25) is 0 Å². The van der Waals surface area contributed by atoms with Gasteiger partial charge >= 0.3 is 11.7 Å². The van der Waals surface area contributed by atoms with Crippen LogP contribution in [0.1, 0.15) is 31.1 Å². The zero-order valence-corrected chi connectivity index (χ0v) is 11.7. The Labute approximate surface area is 115 Å². The van der Waals surface area contributed by atoms with Crippen molar-refractivity contribution in [3.63, 3.8) is 0 Å². The van der Waals surface area contributed by atoms with Crippen molar-refractivity contribution in [3.8, 4) is 5.75 Å². The Hall–Kier alpha value is -2.18. The Morgan fingerprint density at radius 1 is 1.35 bits per heavy atom. The van der Waals surface area contributed by atoms with Crippen molar-refractivity contribution < 1.29 is 23.6 Å². The first kappa shape index (κ1) is 15.9. The molecule has 1 aromatic carbocycles. The lowest BCUT2D eigenvalue weighted by molar-refractivity contribution is -0.386. The number of hydrogen-bond acceptors (Lipinski definition) is 5. The Bertz CT molecular complexity index is 530. The number of esters is 1. The highest BCUT2D eigenvalue weighted by Gasteiger charge is 2.25. The first-order chi connectivity index (χ1) is 9.27. The second-order valence-corrected chi connectivity index (χ2v) is 4.62. The van der Waals surface area contributed by atoms with Gasteiger partial charge in [0.05, 0.1) is 29.8 Å². The van der Waals surface area contributed by atoms with Crippen molar-refractivity contribution >= 4 is 11.7 Å². The Kier molecular flexibility index (Phi) is 5.01. The molecule has 20 heavy (non-hydrogen) atoms. The maximum absolute atomic E-state index is 13.7. The summed E-state index contributed by atoms with van der Waals surface area (Å²) in [6.07, 6.45) is -0.329. The molecule has 0 aliphatic heterocycles. The molecule has 1 unspecified atom stereocenters. The van der Waals surface area contributed by atoms with Gasteiger partial charge in [-0.25, -0.2) is 9.18 Å². The molecule has 0 spiro atoms. The van der Waals surface area contributed by atoms with E-state index in [1.54, 1.807) is 6.92 Å². The van der Waals surface area contributed by atoms with Crippen LogP contribution in [0.3, 0.4) is 0 Å². The van der Waals surface area contributed by atoms with Gasteiger partial charge in [-0.15, -0.1) is 0 Å². The van der Waals surface area contributed by atoms with Gasteiger partial charge in [-0.1, -0.05) is 13.8 Å². The van der Waals surface area contributed by atoms with E-state index in [0.717, 1.165) is 13.2 Å². The fourth-order valence-corrected chi connectivity index (χ4v) is 1.38. The van der Waals surface area contributed by atoms with Crippen LogP contribution in [0.15, 0.2) is 12.1 Å². The van der Waals surface area contributed by atoms with Crippen molar-refractivity contribution in [2.75, 3.05) is 7.11 Å². The van der Waals surface area contributed by atoms with Crippen LogP contribution in [0.25, 0.3) is 0 Å². The van der Waals surface area contributed by atoms with Gasteiger partial charge in [0.1, 0.15) is 5.82 Å². The molecule has 1 aromatic rings. The standard InChI is InChI=1S/C13H16FNO5/c1-7(2)8(3)20-12-5-9(13(16)19-4)10(14)6-11(12)15(17)18/h5-8H,1-4H3. The third kappa shape index (κ3) is 3.43. The molecule has 7 heteroatoms. The monoisotopic (exact) mass is 285 g/mol. The van der Waals surface area contributed by atoms with Crippen LogP contribution in [0.4, 0.5) is 10.1 Å². The van der Waals surface area contributed by atoms with Gasteiger partial charge in [-0.05, 0) is 12.8 Å². The third-order valence-electron chi connectivity index (χ3n) is 2.90. The molecule has 0 bridgehead atoms. The first-order valence-electron chi connectivity index (χ1n) is 6.00. The maximum Gasteiger partial charge on any atom is 0.340 e. The lowest BCUT2D eigenvalue weighted by Crippen LogP contribution is -2.19. The van der Waals surface area contributed by atoms with Crippen LogP contribution in [-0.2, 0) is 4.74 Å². The van der Waals surface area contributed by atoms with E-state index in [1.807, 2.05) is 13.8 Å². The number of nitrogens with zero attached hydrogens (tertiary/aromatic N) is 1. The molecule has 0 aromatic heterocycles. The van der Waals surface area contributed by atoms with Crippen LogP contribution in [0.5, 0.6) is 5.75 Å². The summed E-state index contributed by atoms with van der Waals surface area (Å²) in [5, 5.41) is 10.9. The van der Waals surface area contributed by atoms with Gasteiger partial charge in [-0.2, -0.15) is 0 Å². The average molecular weight is 285 g/mol. The van der Waals surface area contributed by atoms with E-state index in [-0.39, 0.29) is 17.8 Å². The van der Waals surface area contributed by atoms with Gasteiger partial charge in [-0.3, -0.25) is 10.1 Å². The maximum atomic E-state index is 13.7. The topological polar surface area (TPSA) is 78.7 Å². The second kappa shape index (κ2) is 6.31. The molecule has 0 N–H and O–H groups in total. The molecule has 6 nitrogen and oxygen atoms in total. The molecule has 1 atom stereocenters. The number of ether oxygens (including phenoxy) is 2. The molecule has 110 valence electrons. The zero-order chi connectivity index (χ0) is 15.4. The van der Waals surface area contributed by atoms with E-state index in [1.165, 1.54) is 0 Å². The Morgan fingerprint density at radius 3 is 2.40 bits per heavy atom. The smallest absolute Gasteiger partial charge is 0.340 e. The first-order valence-corrected chi connectivity index (χ1v) is 6.00. The number of halogens is 1. The number of carbonyl (C=O) groups excluding carboxylic acids is 1. The summed E-state index contributed by atoms with van der Waals surface area (Å²) in [7, 11) is 1.10. The molecule has 0 saturated carbocycles. The summed E-state index contributed by atoms with van der Waals surface area (Å²) in [6.45, 7) is 5.48. The highest BCUT2D eigenvalue weighted by Crippen LogP contribution is 2.32. The summed E-state index contributed by atoms with van der Waals surface area (Å²) in [6, 6.07) is 1.66. The number of nitro groups is 1. The summed E-state index contributed by atoms with van der Waals surface area (Å²) in [4.78, 5) is 21.6. The molecule has 0 aliphatic rings. The van der Waals surface area contributed by atoms with E-state index >= 15 is 0 Å². The number of carbonyl (C=O) groups is 1. The van der Waals surface area contributed by atoms with E-state index in [0.29, 0.717) is 6.07 Å². The second-order valence-electron chi connectivity index (χ2n) is 4.62. The molecule has 0 radical (unpaired) electrons. The molecule has 0 aliphatic carbocycles. The average Bonchev–Trinajstić information content (AvgIpc) is 2.38. The van der Waals surface area contributed by atoms with Crippen molar-refractivity contribution in [2.24, 2.45) is 5.92 Å². The van der Waals surface area contributed by atoms with Gasteiger partial charge in [0.15, 0.2) is 5.75 Å². The van der Waals surface area contributed by atoms with Gasteiger partial charge in [0.25, 0.3) is 0 Å². The molecule has 0 heterocycles. The van der Waals surface area contributed by atoms with E-state index in [9.17, 15) is 19.3 Å². The van der Waals surface area contributed by atoms with Gasteiger partial charge in [0.2, 0.25) is 0 Å². The van der Waals surface area contributed by atoms with Crippen LogP contribution in [-0.4, -0.2) is 24.1 Å². The van der Waals surface area contributed by atoms with Crippen molar-refractivity contribution in [1.29, 1.82) is 0 Å². The molecule has 0 amide bonds. The molecule has 1 rings (SSSR count). The Balaban J connectivity index is 3.30. The van der Waals surface area contributed by atoms with Crippen LogP contribution >= 0.6 is 0 Å². The predicted molar refractivity (Wildman–Crippen MR) is 69.3 cm³/mol. The minimum Gasteiger partial charge on any atom is -0.484 e.